The summed E-state index contributed by atoms with van der Waals surface area (Å²) in [6, 6.07) is 10.1. The summed E-state index contributed by atoms with van der Waals surface area (Å²) in [5.41, 5.74) is -1.08. The van der Waals surface area contributed by atoms with Gasteiger partial charge in [0.15, 0.2) is 5.78 Å². The number of carbonyl (C=O) groups is 2. The highest BCUT2D eigenvalue weighted by Gasteiger charge is 2.44. The van der Waals surface area contributed by atoms with Crippen molar-refractivity contribution in [2.75, 3.05) is 6.54 Å². The largest absolute Gasteiger partial charge is 0.480 e. The molecule has 7 nitrogen and oxygen atoms in total. The minimum atomic E-state index is -4.15. The van der Waals surface area contributed by atoms with Crippen LogP contribution in [0, 0.1) is 5.41 Å². The zero-order valence-corrected chi connectivity index (χ0v) is 18.3. The number of benzene rings is 2. The number of Topliss-reactive ketones (excluding diaryl/α,β-unsaturated/α-hetero) is 1. The highest BCUT2D eigenvalue weighted by Crippen LogP contribution is 2.37. The molecule has 4 rings (SSSR count). The first-order valence-electron chi connectivity index (χ1n) is 10.7. The first-order chi connectivity index (χ1) is 15.3. The second-order valence-electron chi connectivity index (χ2n) is 8.35. The minimum absolute atomic E-state index is 0.0127. The van der Waals surface area contributed by atoms with Crippen molar-refractivity contribution in [3.8, 4) is 0 Å². The Morgan fingerprint density at radius 3 is 2.62 bits per heavy atom. The number of carboxylic acids is 1. The lowest BCUT2D eigenvalue weighted by Crippen LogP contribution is -2.49. The average molecular weight is 455 g/mol. The van der Waals surface area contributed by atoms with E-state index in [-0.39, 0.29) is 23.1 Å². The molecule has 1 aliphatic carbocycles. The number of allylic oxidation sites excluding steroid dienone is 4. The molecule has 0 radical (unpaired) electrons. The Kier molecular flexibility index (Phi) is 6.28. The number of ketones is 1. The number of hydrogen-bond donors (Lipinski definition) is 3. The molecule has 2 aromatic rings. The molecule has 1 heterocycles. The zero-order chi connectivity index (χ0) is 22.8. The number of sulfonamides is 1. The van der Waals surface area contributed by atoms with Gasteiger partial charge in [0.2, 0.25) is 10.0 Å². The van der Waals surface area contributed by atoms with Gasteiger partial charge in [-0.15, -0.1) is 0 Å². The van der Waals surface area contributed by atoms with E-state index in [9.17, 15) is 23.1 Å². The summed E-state index contributed by atoms with van der Waals surface area (Å²) in [6.07, 6.45) is 8.82. The van der Waals surface area contributed by atoms with Crippen molar-refractivity contribution in [1.82, 2.24) is 10.0 Å². The Bertz CT molecular complexity index is 1190. The van der Waals surface area contributed by atoms with E-state index in [1.807, 2.05) is 18.2 Å². The van der Waals surface area contributed by atoms with Crippen LogP contribution in [0.1, 0.15) is 25.7 Å². The van der Waals surface area contributed by atoms with Crippen LogP contribution in [0.25, 0.3) is 10.8 Å². The summed E-state index contributed by atoms with van der Waals surface area (Å²) in [5, 5.41) is 14.3. The molecule has 0 amide bonds. The Balaban J connectivity index is 1.65. The van der Waals surface area contributed by atoms with Crippen molar-refractivity contribution in [3.63, 3.8) is 0 Å². The van der Waals surface area contributed by atoms with Gasteiger partial charge >= 0.3 is 5.97 Å². The molecule has 1 unspecified atom stereocenters. The Hall–Kier alpha value is -2.81. The van der Waals surface area contributed by atoms with E-state index in [1.54, 1.807) is 42.5 Å². The maximum Gasteiger partial charge on any atom is 0.321 e. The molecular formula is C24H26N2O5S. The number of carbonyl (C=O) groups excluding carboxylic acids is 1. The Morgan fingerprint density at radius 1 is 1.16 bits per heavy atom. The van der Waals surface area contributed by atoms with Gasteiger partial charge in [0.05, 0.1) is 16.4 Å². The molecular weight excluding hydrogens is 428 g/mol. The molecule has 0 aromatic heterocycles. The van der Waals surface area contributed by atoms with Gasteiger partial charge in [-0.3, -0.25) is 9.59 Å². The number of fused-ring (bicyclic) bond motifs is 1. The minimum Gasteiger partial charge on any atom is -0.480 e. The number of rotatable bonds is 8. The van der Waals surface area contributed by atoms with Crippen molar-refractivity contribution in [2.24, 2.45) is 5.41 Å². The van der Waals surface area contributed by atoms with Gasteiger partial charge in [-0.1, -0.05) is 60.7 Å². The van der Waals surface area contributed by atoms with Crippen molar-refractivity contribution < 1.29 is 23.1 Å². The zero-order valence-electron chi connectivity index (χ0n) is 17.5. The van der Waals surface area contributed by atoms with Crippen LogP contribution in [-0.4, -0.2) is 43.9 Å². The fourth-order valence-corrected chi connectivity index (χ4v) is 6.00. The monoisotopic (exact) mass is 454 g/mol. The maximum atomic E-state index is 13.4. The Labute approximate surface area is 187 Å². The molecule has 0 saturated carbocycles. The maximum absolute atomic E-state index is 13.4. The first-order valence-corrected chi connectivity index (χ1v) is 12.2. The summed E-state index contributed by atoms with van der Waals surface area (Å²) in [4.78, 5) is 25.5. The number of aliphatic carboxylic acids is 1. The lowest BCUT2D eigenvalue weighted by molar-refractivity contribution is -0.140. The SMILES string of the molecule is O=C(O)[C@H](CC1(C(=O)[C@@H]2CCCN2)C=CC=CC1)NS(=O)(=O)c1cccc2ccccc12. The van der Waals surface area contributed by atoms with Crippen LogP contribution in [-0.2, 0) is 19.6 Å². The molecule has 1 fully saturated rings. The molecule has 3 atom stereocenters. The van der Waals surface area contributed by atoms with E-state index in [0.717, 1.165) is 18.4 Å². The molecule has 2 aromatic carbocycles. The van der Waals surface area contributed by atoms with E-state index >= 15 is 0 Å². The standard InChI is InChI=1S/C24H26N2O5S/c27-22(19-11-7-15-25-19)24(13-4-1-5-14-24)16-20(23(28)29)26-32(30,31)21-12-6-9-17-8-2-3-10-18(17)21/h1-6,8-10,12-13,19-20,25-26H,7,11,14-16H2,(H,28,29)/t19-,20-,24?/m0/s1. The van der Waals surface area contributed by atoms with Crippen molar-refractivity contribution >= 4 is 32.5 Å². The number of nitrogens with one attached hydrogen (secondary N) is 2. The fourth-order valence-electron chi connectivity index (χ4n) is 4.58. The van der Waals surface area contributed by atoms with Crippen molar-refractivity contribution in [1.29, 1.82) is 0 Å². The normalized spacial score (nSPS) is 23.9. The summed E-state index contributed by atoms with van der Waals surface area (Å²) in [6.45, 7) is 0.738. The second kappa shape index (κ2) is 8.97. The molecule has 0 spiro atoms. The van der Waals surface area contributed by atoms with E-state index in [1.165, 1.54) is 6.07 Å². The van der Waals surface area contributed by atoms with Crippen LogP contribution in [0.4, 0.5) is 0 Å². The van der Waals surface area contributed by atoms with Crippen molar-refractivity contribution in [3.05, 3.63) is 66.8 Å². The van der Waals surface area contributed by atoms with Gasteiger partial charge in [0, 0.05) is 5.39 Å². The van der Waals surface area contributed by atoms with Crippen LogP contribution in [0.2, 0.25) is 0 Å². The molecule has 8 heteroatoms. The molecule has 32 heavy (non-hydrogen) atoms. The van der Waals surface area contributed by atoms with Crippen molar-refractivity contribution in [2.45, 2.75) is 42.7 Å². The van der Waals surface area contributed by atoms with E-state index < -0.39 is 27.4 Å². The van der Waals surface area contributed by atoms with Crippen LogP contribution in [0.5, 0.6) is 0 Å². The summed E-state index contributed by atoms with van der Waals surface area (Å²) in [7, 11) is -4.15. The molecule has 1 aliphatic heterocycles. The molecule has 168 valence electrons. The molecule has 0 bridgehead atoms. The van der Waals surface area contributed by atoms with Crippen LogP contribution < -0.4 is 10.0 Å². The third-order valence-corrected chi connectivity index (χ3v) is 7.74. The van der Waals surface area contributed by atoms with Crippen LogP contribution in [0.15, 0.2) is 71.7 Å². The van der Waals surface area contributed by atoms with Gasteiger partial charge in [0.25, 0.3) is 0 Å². The summed E-state index contributed by atoms with van der Waals surface area (Å²) in [5.74, 6) is -1.41. The molecule has 2 aliphatic rings. The quantitative estimate of drug-likeness (QED) is 0.565. The fraction of sp³-hybridized carbons (Fsp3) is 0.333. The van der Waals surface area contributed by atoms with Gasteiger partial charge in [0.1, 0.15) is 6.04 Å². The number of carboxylic acid groups (broad SMARTS) is 1. The highest BCUT2D eigenvalue weighted by molar-refractivity contribution is 7.89. The lowest BCUT2D eigenvalue weighted by Gasteiger charge is -2.34. The van der Waals surface area contributed by atoms with E-state index in [4.69, 9.17) is 0 Å². The Morgan fingerprint density at radius 2 is 1.94 bits per heavy atom. The molecule has 3 N–H and O–H groups in total. The third kappa shape index (κ3) is 4.39. The predicted molar refractivity (Wildman–Crippen MR) is 122 cm³/mol. The van der Waals surface area contributed by atoms with Gasteiger partial charge in [-0.05, 0) is 43.7 Å². The van der Waals surface area contributed by atoms with E-state index in [0.29, 0.717) is 18.2 Å². The summed E-state index contributed by atoms with van der Waals surface area (Å²) < 4.78 is 28.8. The van der Waals surface area contributed by atoms with Crippen LogP contribution in [0.3, 0.4) is 0 Å². The third-order valence-electron chi connectivity index (χ3n) is 6.22. The lowest BCUT2D eigenvalue weighted by atomic mass is 9.71. The van der Waals surface area contributed by atoms with Crippen LogP contribution >= 0.6 is 0 Å². The van der Waals surface area contributed by atoms with Gasteiger partial charge < -0.3 is 10.4 Å². The smallest absolute Gasteiger partial charge is 0.321 e. The topological polar surface area (TPSA) is 113 Å². The predicted octanol–water partition coefficient (Wildman–Crippen LogP) is 2.79. The van der Waals surface area contributed by atoms with Gasteiger partial charge in [-0.25, -0.2) is 8.42 Å². The summed E-state index contributed by atoms with van der Waals surface area (Å²) >= 11 is 0. The average Bonchev–Trinajstić information content (AvgIpc) is 3.33. The highest BCUT2D eigenvalue weighted by atomic mass is 32.2. The first kappa shape index (κ1) is 22.4. The van der Waals surface area contributed by atoms with Gasteiger partial charge in [-0.2, -0.15) is 4.72 Å². The second-order valence-corrected chi connectivity index (χ2v) is 10.0. The van der Waals surface area contributed by atoms with E-state index in [2.05, 4.69) is 10.0 Å². The number of hydrogen-bond acceptors (Lipinski definition) is 5. The molecule has 1 saturated heterocycles.